The van der Waals surface area contributed by atoms with Crippen molar-refractivity contribution in [3.63, 3.8) is 0 Å². The SMILES string of the molecule is O=C(O)C1CSC(C2CC2)N1C(=O)c1cc(Cl)c[nH]1. The number of carbonyl (C=O) groups excluding carboxylic acids is 1. The number of hydrogen-bond donors (Lipinski definition) is 2. The first-order valence-electron chi connectivity index (χ1n) is 6.09. The Morgan fingerprint density at radius 3 is 2.74 bits per heavy atom. The molecule has 1 amide bonds. The van der Waals surface area contributed by atoms with Crippen LogP contribution in [0.5, 0.6) is 0 Å². The Morgan fingerprint density at radius 2 is 2.21 bits per heavy atom. The number of amides is 1. The number of thioether (sulfide) groups is 1. The van der Waals surface area contributed by atoms with Gasteiger partial charge in [0.2, 0.25) is 0 Å². The zero-order chi connectivity index (χ0) is 13.6. The second kappa shape index (κ2) is 4.76. The van der Waals surface area contributed by atoms with Crippen LogP contribution in [0, 0.1) is 5.92 Å². The summed E-state index contributed by atoms with van der Waals surface area (Å²) in [5.41, 5.74) is 0.351. The number of rotatable bonds is 3. The summed E-state index contributed by atoms with van der Waals surface area (Å²) in [5.74, 6) is -0.331. The zero-order valence-electron chi connectivity index (χ0n) is 10.0. The molecule has 7 heteroatoms. The van der Waals surface area contributed by atoms with Crippen molar-refractivity contribution in [1.82, 2.24) is 9.88 Å². The molecule has 1 saturated carbocycles. The van der Waals surface area contributed by atoms with Crippen molar-refractivity contribution >= 4 is 35.2 Å². The number of aromatic nitrogens is 1. The van der Waals surface area contributed by atoms with Gasteiger partial charge in [0.1, 0.15) is 11.7 Å². The van der Waals surface area contributed by atoms with E-state index in [1.165, 1.54) is 17.2 Å². The van der Waals surface area contributed by atoms with Gasteiger partial charge in [-0.25, -0.2) is 4.79 Å². The van der Waals surface area contributed by atoms with Crippen LogP contribution in [0.2, 0.25) is 5.02 Å². The summed E-state index contributed by atoms with van der Waals surface area (Å²) in [6.45, 7) is 0. The van der Waals surface area contributed by atoms with Crippen molar-refractivity contribution in [2.75, 3.05) is 5.75 Å². The van der Waals surface area contributed by atoms with Crippen LogP contribution in [0.25, 0.3) is 0 Å². The van der Waals surface area contributed by atoms with Gasteiger partial charge < -0.3 is 15.0 Å². The summed E-state index contributed by atoms with van der Waals surface area (Å²) < 4.78 is 0. The lowest BCUT2D eigenvalue weighted by molar-refractivity contribution is -0.141. The van der Waals surface area contributed by atoms with Crippen molar-refractivity contribution in [1.29, 1.82) is 0 Å². The van der Waals surface area contributed by atoms with Gasteiger partial charge >= 0.3 is 5.97 Å². The molecule has 3 rings (SSSR count). The van der Waals surface area contributed by atoms with Gasteiger partial charge in [-0.15, -0.1) is 11.8 Å². The highest BCUT2D eigenvalue weighted by molar-refractivity contribution is 8.00. The lowest BCUT2D eigenvalue weighted by Gasteiger charge is -2.26. The molecule has 5 nitrogen and oxygen atoms in total. The fourth-order valence-corrected chi connectivity index (χ4v) is 4.14. The molecule has 2 aliphatic rings. The molecular formula is C12H13ClN2O3S. The highest BCUT2D eigenvalue weighted by Gasteiger charge is 2.48. The maximum Gasteiger partial charge on any atom is 0.327 e. The van der Waals surface area contributed by atoms with Gasteiger partial charge in [0.25, 0.3) is 5.91 Å². The average molecular weight is 301 g/mol. The van der Waals surface area contributed by atoms with Crippen LogP contribution in [0.3, 0.4) is 0 Å². The van der Waals surface area contributed by atoms with E-state index in [1.54, 1.807) is 11.8 Å². The summed E-state index contributed by atoms with van der Waals surface area (Å²) >= 11 is 7.36. The number of aliphatic carboxylic acids is 1. The van der Waals surface area contributed by atoms with Gasteiger partial charge in [-0.05, 0) is 24.8 Å². The Morgan fingerprint density at radius 1 is 1.47 bits per heavy atom. The maximum absolute atomic E-state index is 12.5. The molecule has 102 valence electrons. The maximum atomic E-state index is 12.5. The molecular weight excluding hydrogens is 288 g/mol. The lowest BCUT2D eigenvalue weighted by Crippen LogP contribution is -2.46. The summed E-state index contributed by atoms with van der Waals surface area (Å²) in [4.78, 5) is 28.1. The average Bonchev–Trinajstić information content (AvgIpc) is 2.96. The first-order chi connectivity index (χ1) is 9.08. The van der Waals surface area contributed by atoms with Crippen LogP contribution in [-0.2, 0) is 4.79 Å². The van der Waals surface area contributed by atoms with E-state index in [1.807, 2.05) is 0 Å². The van der Waals surface area contributed by atoms with Crippen molar-refractivity contribution in [2.45, 2.75) is 24.3 Å². The third kappa shape index (κ3) is 2.34. The van der Waals surface area contributed by atoms with Crippen LogP contribution < -0.4 is 0 Å². The predicted octanol–water partition coefficient (Wildman–Crippen LogP) is 2.05. The molecule has 0 aromatic carbocycles. The third-order valence-corrected chi connectivity index (χ3v) is 5.14. The summed E-state index contributed by atoms with van der Waals surface area (Å²) in [6, 6.07) is 0.792. The van der Waals surface area contributed by atoms with Gasteiger partial charge in [-0.3, -0.25) is 4.79 Å². The molecule has 2 unspecified atom stereocenters. The van der Waals surface area contributed by atoms with E-state index in [0.29, 0.717) is 22.4 Å². The number of halogens is 1. The first-order valence-corrected chi connectivity index (χ1v) is 7.51. The topological polar surface area (TPSA) is 73.4 Å². The van der Waals surface area contributed by atoms with E-state index in [-0.39, 0.29) is 11.3 Å². The predicted molar refractivity (Wildman–Crippen MR) is 72.4 cm³/mol. The van der Waals surface area contributed by atoms with E-state index >= 15 is 0 Å². The molecule has 1 aromatic heterocycles. The minimum atomic E-state index is -0.943. The fourth-order valence-electron chi connectivity index (χ4n) is 2.35. The zero-order valence-corrected chi connectivity index (χ0v) is 11.6. The van der Waals surface area contributed by atoms with E-state index < -0.39 is 12.0 Å². The van der Waals surface area contributed by atoms with Crippen LogP contribution >= 0.6 is 23.4 Å². The highest BCUT2D eigenvalue weighted by Crippen LogP contribution is 2.45. The van der Waals surface area contributed by atoms with E-state index in [0.717, 1.165) is 12.8 Å². The number of carbonyl (C=O) groups is 2. The molecule has 2 N–H and O–H groups in total. The molecule has 0 bridgehead atoms. The Labute approximate surface area is 119 Å². The van der Waals surface area contributed by atoms with Crippen LogP contribution in [-0.4, -0.2) is 44.0 Å². The number of nitrogens with zero attached hydrogens (tertiary/aromatic N) is 1. The Hall–Kier alpha value is -1.14. The molecule has 0 spiro atoms. The van der Waals surface area contributed by atoms with Gasteiger partial charge in [0.15, 0.2) is 0 Å². The molecule has 2 heterocycles. The van der Waals surface area contributed by atoms with Gasteiger partial charge in [-0.1, -0.05) is 11.6 Å². The normalized spacial score (nSPS) is 26.7. The summed E-state index contributed by atoms with van der Waals surface area (Å²) in [5, 5.41) is 9.69. The molecule has 1 aliphatic carbocycles. The molecule has 2 atom stereocenters. The number of H-pyrrole nitrogens is 1. The molecule has 0 radical (unpaired) electrons. The first kappa shape index (κ1) is 12.9. The number of aromatic amines is 1. The fraction of sp³-hybridized carbons (Fsp3) is 0.500. The van der Waals surface area contributed by atoms with Crippen molar-refractivity contribution in [3.8, 4) is 0 Å². The van der Waals surface area contributed by atoms with E-state index in [4.69, 9.17) is 11.6 Å². The summed E-state index contributed by atoms with van der Waals surface area (Å²) in [6.07, 6.45) is 3.67. The third-order valence-electron chi connectivity index (χ3n) is 3.46. The van der Waals surface area contributed by atoms with Gasteiger partial charge in [0.05, 0.1) is 10.4 Å². The van der Waals surface area contributed by atoms with Gasteiger partial charge in [-0.2, -0.15) is 0 Å². The number of carboxylic acid groups (broad SMARTS) is 1. The smallest absolute Gasteiger partial charge is 0.327 e. The second-order valence-corrected chi connectivity index (χ2v) is 6.45. The monoisotopic (exact) mass is 300 g/mol. The minimum Gasteiger partial charge on any atom is -0.480 e. The molecule has 1 aromatic rings. The van der Waals surface area contributed by atoms with E-state index in [9.17, 15) is 14.7 Å². The number of hydrogen-bond acceptors (Lipinski definition) is 3. The highest BCUT2D eigenvalue weighted by atomic mass is 35.5. The molecule has 1 saturated heterocycles. The van der Waals surface area contributed by atoms with Crippen molar-refractivity contribution < 1.29 is 14.7 Å². The Kier molecular flexibility index (Phi) is 3.22. The number of nitrogens with one attached hydrogen (secondary N) is 1. The minimum absolute atomic E-state index is 0.0179. The second-order valence-electron chi connectivity index (χ2n) is 4.86. The summed E-state index contributed by atoms with van der Waals surface area (Å²) in [7, 11) is 0. The van der Waals surface area contributed by atoms with Crippen LogP contribution in [0.4, 0.5) is 0 Å². The lowest BCUT2D eigenvalue weighted by atomic mass is 10.2. The van der Waals surface area contributed by atoms with Gasteiger partial charge in [0, 0.05) is 11.9 Å². The van der Waals surface area contributed by atoms with Crippen molar-refractivity contribution in [2.24, 2.45) is 5.92 Å². The standard InChI is InChI=1S/C12H13ClN2O3S/c13-7-3-8(14-4-7)10(16)15-9(12(17)18)5-19-11(15)6-1-2-6/h3-4,6,9,11,14H,1-2,5H2,(H,17,18). The van der Waals surface area contributed by atoms with Crippen molar-refractivity contribution in [3.05, 3.63) is 23.0 Å². The Balaban J connectivity index is 1.88. The Bertz CT molecular complexity index is 529. The molecule has 1 aliphatic heterocycles. The van der Waals surface area contributed by atoms with E-state index in [2.05, 4.69) is 4.98 Å². The van der Waals surface area contributed by atoms with Crippen LogP contribution in [0.15, 0.2) is 12.3 Å². The molecule has 19 heavy (non-hydrogen) atoms. The molecule has 2 fully saturated rings. The number of carboxylic acids is 1. The quantitative estimate of drug-likeness (QED) is 0.896. The largest absolute Gasteiger partial charge is 0.480 e. The van der Waals surface area contributed by atoms with Crippen LogP contribution in [0.1, 0.15) is 23.3 Å².